The van der Waals surface area contributed by atoms with Crippen molar-refractivity contribution in [2.24, 2.45) is 17.3 Å². The van der Waals surface area contributed by atoms with Crippen LogP contribution in [-0.2, 0) is 14.4 Å². The smallest absolute Gasteiger partial charge is 0.242 e. The molecule has 2 saturated heterocycles. The van der Waals surface area contributed by atoms with Crippen LogP contribution < -0.4 is 0 Å². The topological polar surface area (TPSA) is 57.7 Å². The van der Waals surface area contributed by atoms with Gasteiger partial charge in [-0.25, -0.2) is 0 Å². The van der Waals surface area contributed by atoms with Crippen molar-refractivity contribution < 1.29 is 14.4 Å². The minimum absolute atomic E-state index is 0.0567. The lowest BCUT2D eigenvalue weighted by molar-refractivity contribution is -0.148. The molecule has 1 saturated carbocycles. The molecule has 5 nitrogen and oxygen atoms in total. The zero-order chi connectivity index (χ0) is 15.9. The average Bonchev–Trinajstić information content (AvgIpc) is 2.99. The quantitative estimate of drug-likeness (QED) is 0.731. The maximum atomic E-state index is 12.6. The van der Waals surface area contributed by atoms with E-state index in [-0.39, 0.29) is 24.3 Å². The van der Waals surface area contributed by atoms with Crippen molar-refractivity contribution in [3.63, 3.8) is 0 Å². The van der Waals surface area contributed by atoms with Crippen LogP contribution >= 0.6 is 0 Å². The number of rotatable bonds is 2. The van der Waals surface area contributed by atoms with Crippen LogP contribution in [0.1, 0.15) is 52.4 Å². The molecule has 0 aromatic heterocycles. The largest absolute Gasteiger partial charge is 0.341 e. The van der Waals surface area contributed by atoms with E-state index < -0.39 is 5.41 Å². The monoisotopic (exact) mass is 306 g/mol. The lowest BCUT2D eigenvalue weighted by atomic mass is 9.84. The second kappa shape index (κ2) is 5.67. The number of piperidine rings is 1. The first kappa shape index (κ1) is 15.5. The molecule has 0 radical (unpaired) electrons. The van der Waals surface area contributed by atoms with Gasteiger partial charge in [-0.3, -0.25) is 19.3 Å². The molecule has 2 atom stereocenters. The molecule has 2 unspecified atom stereocenters. The summed E-state index contributed by atoms with van der Waals surface area (Å²) in [5.74, 6) is 0.646. The van der Waals surface area contributed by atoms with Crippen LogP contribution in [0.15, 0.2) is 0 Å². The van der Waals surface area contributed by atoms with Gasteiger partial charge in [-0.1, -0.05) is 26.7 Å². The Morgan fingerprint density at radius 3 is 2.32 bits per heavy atom. The molecule has 122 valence electrons. The van der Waals surface area contributed by atoms with Crippen LogP contribution in [0.5, 0.6) is 0 Å². The Bertz CT molecular complexity index is 486. The summed E-state index contributed by atoms with van der Waals surface area (Å²) in [6.07, 6.45) is 5.09. The average molecular weight is 306 g/mol. The summed E-state index contributed by atoms with van der Waals surface area (Å²) in [5, 5.41) is 0. The van der Waals surface area contributed by atoms with Crippen molar-refractivity contribution >= 4 is 17.7 Å². The highest BCUT2D eigenvalue weighted by Gasteiger charge is 2.53. The lowest BCUT2D eigenvalue weighted by Gasteiger charge is -2.35. The highest BCUT2D eigenvalue weighted by atomic mass is 16.2. The standard InChI is InChI=1S/C17H26N2O3/c1-12-7-13(2)10-18(9-12)15(21)11-19-14(20)8-17(16(19)22)5-3-4-6-17/h12-13H,3-11H2,1-2H3. The molecule has 0 bridgehead atoms. The van der Waals surface area contributed by atoms with Crippen LogP contribution in [-0.4, -0.2) is 47.2 Å². The van der Waals surface area contributed by atoms with Crippen LogP contribution in [0, 0.1) is 17.3 Å². The van der Waals surface area contributed by atoms with Gasteiger partial charge in [0.05, 0.1) is 5.41 Å². The Morgan fingerprint density at radius 2 is 1.73 bits per heavy atom. The van der Waals surface area contributed by atoms with Crippen LogP contribution in [0.25, 0.3) is 0 Å². The zero-order valence-electron chi connectivity index (χ0n) is 13.6. The molecule has 2 heterocycles. The van der Waals surface area contributed by atoms with E-state index >= 15 is 0 Å². The predicted molar refractivity (Wildman–Crippen MR) is 81.8 cm³/mol. The van der Waals surface area contributed by atoms with Gasteiger partial charge >= 0.3 is 0 Å². The predicted octanol–water partition coefficient (Wildman–Crippen LogP) is 1.81. The van der Waals surface area contributed by atoms with Gasteiger partial charge in [0.2, 0.25) is 17.7 Å². The number of carbonyl (C=O) groups excluding carboxylic acids is 3. The molecule has 2 aliphatic heterocycles. The third kappa shape index (κ3) is 2.66. The van der Waals surface area contributed by atoms with Crippen molar-refractivity contribution in [1.29, 1.82) is 0 Å². The summed E-state index contributed by atoms with van der Waals surface area (Å²) in [7, 11) is 0. The number of carbonyl (C=O) groups is 3. The van der Waals surface area contributed by atoms with E-state index in [1.54, 1.807) is 0 Å². The van der Waals surface area contributed by atoms with E-state index in [0.717, 1.165) is 45.2 Å². The van der Waals surface area contributed by atoms with Crippen molar-refractivity contribution in [3.05, 3.63) is 0 Å². The van der Waals surface area contributed by atoms with E-state index in [2.05, 4.69) is 13.8 Å². The molecule has 1 spiro atoms. The van der Waals surface area contributed by atoms with Crippen LogP contribution in [0.2, 0.25) is 0 Å². The Kier molecular flexibility index (Phi) is 4.00. The fourth-order valence-corrected chi connectivity index (χ4v) is 4.56. The SMILES string of the molecule is CC1CC(C)CN(C(=O)CN2C(=O)CC3(CCCC3)C2=O)C1. The number of nitrogens with zero attached hydrogens (tertiary/aromatic N) is 2. The second-order valence-corrected chi connectivity index (χ2v) is 7.69. The fourth-order valence-electron chi connectivity index (χ4n) is 4.56. The highest BCUT2D eigenvalue weighted by Crippen LogP contribution is 2.46. The first-order valence-corrected chi connectivity index (χ1v) is 8.54. The van der Waals surface area contributed by atoms with Gasteiger partial charge < -0.3 is 4.90 Å². The number of amides is 3. The Balaban J connectivity index is 1.66. The molecule has 5 heteroatoms. The van der Waals surface area contributed by atoms with Crippen molar-refractivity contribution in [2.75, 3.05) is 19.6 Å². The molecule has 22 heavy (non-hydrogen) atoms. The van der Waals surface area contributed by atoms with Crippen molar-refractivity contribution in [2.45, 2.75) is 52.4 Å². The molecular formula is C17H26N2O3. The molecule has 3 rings (SSSR count). The highest BCUT2D eigenvalue weighted by molar-refractivity contribution is 6.08. The summed E-state index contributed by atoms with van der Waals surface area (Å²) < 4.78 is 0. The summed E-state index contributed by atoms with van der Waals surface area (Å²) in [6, 6.07) is 0. The summed E-state index contributed by atoms with van der Waals surface area (Å²) in [6.45, 7) is 5.72. The maximum Gasteiger partial charge on any atom is 0.242 e. The van der Waals surface area contributed by atoms with E-state index in [4.69, 9.17) is 0 Å². The molecule has 1 aliphatic carbocycles. The van der Waals surface area contributed by atoms with Crippen molar-refractivity contribution in [1.82, 2.24) is 9.80 Å². The summed E-state index contributed by atoms with van der Waals surface area (Å²) in [4.78, 5) is 40.4. The molecule has 3 aliphatic rings. The molecule has 3 fully saturated rings. The van der Waals surface area contributed by atoms with Gasteiger partial charge in [0.25, 0.3) is 0 Å². The number of imide groups is 1. The van der Waals surface area contributed by atoms with Gasteiger partial charge in [0.1, 0.15) is 6.54 Å². The zero-order valence-corrected chi connectivity index (χ0v) is 13.6. The summed E-state index contributed by atoms with van der Waals surface area (Å²) >= 11 is 0. The lowest BCUT2D eigenvalue weighted by Crippen LogP contribution is -2.48. The Hall–Kier alpha value is -1.39. The minimum atomic E-state index is -0.472. The number of likely N-dealkylation sites (tertiary alicyclic amines) is 2. The third-order valence-corrected chi connectivity index (χ3v) is 5.57. The Morgan fingerprint density at radius 1 is 1.14 bits per heavy atom. The van der Waals surface area contributed by atoms with Gasteiger partial charge in [0, 0.05) is 19.5 Å². The van der Waals surface area contributed by atoms with Crippen LogP contribution in [0.4, 0.5) is 0 Å². The first-order valence-electron chi connectivity index (χ1n) is 8.54. The number of hydrogen-bond donors (Lipinski definition) is 0. The first-order chi connectivity index (χ1) is 10.4. The van der Waals surface area contributed by atoms with Gasteiger partial charge in [-0.2, -0.15) is 0 Å². The van der Waals surface area contributed by atoms with Crippen LogP contribution in [0.3, 0.4) is 0 Å². The normalized spacial score (nSPS) is 31.4. The maximum absolute atomic E-state index is 12.6. The van der Waals surface area contributed by atoms with Gasteiger partial charge in [-0.05, 0) is 31.1 Å². The van der Waals surface area contributed by atoms with Gasteiger partial charge in [0.15, 0.2) is 0 Å². The van der Waals surface area contributed by atoms with E-state index in [1.165, 1.54) is 4.90 Å². The third-order valence-electron chi connectivity index (χ3n) is 5.57. The molecule has 0 aromatic carbocycles. The number of hydrogen-bond acceptors (Lipinski definition) is 3. The Labute approximate surface area is 132 Å². The molecular weight excluding hydrogens is 280 g/mol. The van der Waals surface area contributed by atoms with E-state index in [1.807, 2.05) is 4.90 Å². The van der Waals surface area contributed by atoms with E-state index in [0.29, 0.717) is 18.3 Å². The van der Waals surface area contributed by atoms with Crippen molar-refractivity contribution in [3.8, 4) is 0 Å². The van der Waals surface area contributed by atoms with Gasteiger partial charge in [-0.15, -0.1) is 0 Å². The summed E-state index contributed by atoms with van der Waals surface area (Å²) in [5.41, 5.74) is -0.472. The molecule has 0 N–H and O–H groups in total. The van der Waals surface area contributed by atoms with E-state index in [9.17, 15) is 14.4 Å². The minimum Gasteiger partial charge on any atom is -0.341 e. The fraction of sp³-hybridized carbons (Fsp3) is 0.824. The molecule has 0 aromatic rings. The molecule has 3 amide bonds. The second-order valence-electron chi connectivity index (χ2n) is 7.69.